The van der Waals surface area contributed by atoms with Crippen LogP contribution in [0.5, 0.6) is 5.75 Å². The summed E-state index contributed by atoms with van der Waals surface area (Å²) in [6.07, 6.45) is 0. The highest BCUT2D eigenvalue weighted by Crippen LogP contribution is 2.21. The van der Waals surface area contributed by atoms with Crippen molar-refractivity contribution in [3.63, 3.8) is 0 Å². The molecule has 2 heterocycles. The molecule has 0 unspecified atom stereocenters. The third-order valence-corrected chi connectivity index (χ3v) is 5.95. The molecular weight excluding hydrogens is 410 g/mol. The molecule has 156 valence electrons. The molecule has 0 saturated carbocycles. The van der Waals surface area contributed by atoms with E-state index in [0.717, 1.165) is 24.5 Å². The van der Waals surface area contributed by atoms with Crippen molar-refractivity contribution in [2.24, 2.45) is 0 Å². The average Bonchev–Trinajstić information content (AvgIpc) is 3.24. The maximum absolute atomic E-state index is 12.5. The predicted molar refractivity (Wildman–Crippen MR) is 116 cm³/mol. The first kappa shape index (κ1) is 21.6. The van der Waals surface area contributed by atoms with Gasteiger partial charge in [0.15, 0.2) is 5.60 Å². The average molecular weight is 436 g/mol. The van der Waals surface area contributed by atoms with Crippen molar-refractivity contribution in [3.05, 3.63) is 51.7 Å². The van der Waals surface area contributed by atoms with E-state index in [9.17, 15) is 9.59 Å². The van der Waals surface area contributed by atoms with E-state index in [2.05, 4.69) is 10.2 Å². The molecule has 1 aliphatic rings. The maximum Gasteiger partial charge on any atom is 0.264 e. The van der Waals surface area contributed by atoms with Gasteiger partial charge in [-0.1, -0.05) is 17.7 Å². The van der Waals surface area contributed by atoms with Gasteiger partial charge in [0.25, 0.3) is 11.8 Å². The molecule has 0 spiro atoms. The van der Waals surface area contributed by atoms with Crippen LogP contribution in [0.25, 0.3) is 0 Å². The molecule has 1 aliphatic heterocycles. The third-order valence-electron chi connectivity index (χ3n) is 4.84. The summed E-state index contributed by atoms with van der Waals surface area (Å²) >= 11 is 7.35. The Bertz CT molecular complexity index is 816. The second-order valence-corrected chi connectivity index (χ2v) is 8.82. The van der Waals surface area contributed by atoms with Crippen LogP contribution in [0.2, 0.25) is 5.02 Å². The zero-order valence-corrected chi connectivity index (χ0v) is 18.3. The number of hydrogen-bond donors (Lipinski definition) is 1. The largest absolute Gasteiger partial charge is 0.478 e. The zero-order valence-electron chi connectivity index (χ0n) is 16.7. The van der Waals surface area contributed by atoms with E-state index in [4.69, 9.17) is 16.3 Å². The van der Waals surface area contributed by atoms with Crippen LogP contribution < -0.4 is 10.1 Å². The van der Waals surface area contributed by atoms with Crippen molar-refractivity contribution >= 4 is 34.8 Å². The minimum Gasteiger partial charge on any atom is -0.478 e. The molecule has 3 rings (SSSR count). The SMILES string of the molecule is CC(C)(Oc1ccc(Cl)cc1)C(=O)NCCN1CCN(C(=O)c2cccs2)CC1. The fourth-order valence-corrected chi connectivity index (χ4v) is 3.93. The molecule has 2 amide bonds. The van der Waals surface area contributed by atoms with Gasteiger partial charge in [0.2, 0.25) is 0 Å². The molecule has 1 fully saturated rings. The smallest absolute Gasteiger partial charge is 0.264 e. The fourth-order valence-electron chi connectivity index (χ4n) is 3.11. The predicted octanol–water partition coefficient (Wildman–Crippen LogP) is 3.13. The first-order chi connectivity index (χ1) is 13.8. The van der Waals surface area contributed by atoms with Crippen LogP contribution in [0.15, 0.2) is 41.8 Å². The lowest BCUT2D eigenvalue weighted by molar-refractivity contribution is -0.134. The van der Waals surface area contributed by atoms with Gasteiger partial charge >= 0.3 is 0 Å². The minimum atomic E-state index is -0.986. The zero-order chi connectivity index (χ0) is 20.9. The summed E-state index contributed by atoms with van der Waals surface area (Å²) in [7, 11) is 0. The van der Waals surface area contributed by atoms with Gasteiger partial charge in [-0.2, -0.15) is 0 Å². The van der Waals surface area contributed by atoms with Gasteiger partial charge in [-0.25, -0.2) is 0 Å². The summed E-state index contributed by atoms with van der Waals surface area (Å²) in [5.74, 6) is 0.536. The topological polar surface area (TPSA) is 61.9 Å². The summed E-state index contributed by atoms with van der Waals surface area (Å²) in [6, 6.07) is 10.7. The quantitative estimate of drug-likeness (QED) is 0.725. The lowest BCUT2D eigenvalue weighted by atomic mass is 10.1. The molecule has 29 heavy (non-hydrogen) atoms. The van der Waals surface area contributed by atoms with E-state index in [0.29, 0.717) is 30.4 Å². The number of ether oxygens (including phenoxy) is 1. The highest BCUT2D eigenvalue weighted by Gasteiger charge is 2.30. The van der Waals surface area contributed by atoms with Crippen LogP contribution in [0.4, 0.5) is 0 Å². The van der Waals surface area contributed by atoms with Crippen molar-refractivity contribution in [1.82, 2.24) is 15.1 Å². The Balaban J connectivity index is 1.39. The Morgan fingerprint density at radius 2 is 1.83 bits per heavy atom. The Morgan fingerprint density at radius 3 is 2.45 bits per heavy atom. The van der Waals surface area contributed by atoms with Gasteiger partial charge in [0.05, 0.1) is 4.88 Å². The number of benzene rings is 1. The number of thiophene rings is 1. The molecule has 0 atom stereocenters. The number of amides is 2. The van der Waals surface area contributed by atoms with Gasteiger partial charge in [-0.15, -0.1) is 11.3 Å². The second kappa shape index (κ2) is 9.61. The lowest BCUT2D eigenvalue weighted by Gasteiger charge is -2.34. The molecule has 1 aromatic heterocycles. The van der Waals surface area contributed by atoms with E-state index in [1.807, 2.05) is 22.4 Å². The van der Waals surface area contributed by atoms with Crippen molar-refractivity contribution in [1.29, 1.82) is 0 Å². The number of carbonyl (C=O) groups excluding carboxylic acids is 2. The van der Waals surface area contributed by atoms with E-state index in [1.165, 1.54) is 11.3 Å². The van der Waals surface area contributed by atoms with Gasteiger partial charge in [-0.05, 0) is 49.6 Å². The first-order valence-corrected chi connectivity index (χ1v) is 10.9. The molecule has 1 saturated heterocycles. The van der Waals surface area contributed by atoms with Gasteiger partial charge in [0.1, 0.15) is 5.75 Å². The number of carbonyl (C=O) groups is 2. The van der Waals surface area contributed by atoms with Crippen LogP contribution in [0, 0.1) is 0 Å². The van der Waals surface area contributed by atoms with Crippen molar-refractivity contribution in [3.8, 4) is 5.75 Å². The third kappa shape index (κ3) is 5.95. The summed E-state index contributed by atoms with van der Waals surface area (Å²) in [5, 5.41) is 5.49. The van der Waals surface area contributed by atoms with Gasteiger partial charge in [0, 0.05) is 44.3 Å². The number of nitrogens with one attached hydrogen (secondary N) is 1. The van der Waals surface area contributed by atoms with Gasteiger partial charge < -0.3 is 15.0 Å². The summed E-state index contributed by atoms with van der Waals surface area (Å²) < 4.78 is 5.81. The highest BCUT2D eigenvalue weighted by molar-refractivity contribution is 7.12. The van der Waals surface area contributed by atoms with E-state index in [1.54, 1.807) is 38.1 Å². The monoisotopic (exact) mass is 435 g/mol. The van der Waals surface area contributed by atoms with Gasteiger partial charge in [-0.3, -0.25) is 14.5 Å². The fraction of sp³-hybridized carbons (Fsp3) is 0.429. The highest BCUT2D eigenvalue weighted by atomic mass is 35.5. The van der Waals surface area contributed by atoms with Crippen LogP contribution in [-0.2, 0) is 4.79 Å². The Kier molecular flexibility index (Phi) is 7.16. The van der Waals surface area contributed by atoms with Crippen LogP contribution in [0.1, 0.15) is 23.5 Å². The van der Waals surface area contributed by atoms with Crippen LogP contribution >= 0.6 is 22.9 Å². The Labute approximate surface area is 180 Å². The molecule has 2 aromatic rings. The summed E-state index contributed by atoms with van der Waals surface area (Å²) in [4.78, 5) is 29.8. The number of halogens is 1. The molecular formula is C21H26ClN3O3S. The molecule has 8 heteroatoms. The lowest BCUT2D eigenvalue weighted by Crippen LogP contribution is -2.52. The van der Waals surface area contributed by atoms with Crippen LogP contribution in [-0.4, -0.2) is 66.5 Å². The summed E-state index contributed by atoms with van der Waals surface area (Å²) in [5.41, 5.74) is -0.986. The standard InChI is InChI=1S/C21H26ClN3O3S/c1-21(2,28-17-7-5-16(22)6-8-17)20(27)23-9-10-24-11-13-25(14-12-24)19(26)18-4-3-15-29-18/h3-8,15H,9-14H2,1-2H3,(H,23,27). The number of nitrogens with zero attached hydrogens (tertiary/aromatic N) is 2. The maximum atomic E-state index is 12.5. The van der Waals surface area contributed by atoms with E-state index < -0.39 is 5.60 Å². The molecule has 0 aliphatic carbocycles. The molecule has 0 bridgehead atoms. The molecule has 0 radical (unpaired) electrons. The Morgan fingerprint density at radius 1 is 1.14 bits per heavy atom. The van der Waals surface area contributed by atoms with E-state index >= 15 is 0 Å². The molecule has 6 nitrogen and oxygen atoms in total. The Hall–Kier alpha value is -2.09. The molecule has 1 aromatic carbocycles. The number of piperazine rings is 1. The normalized spacial score (nSPS) is 15.2. The van der Waals surface area contributed by atoms with Crippen molar-refractivity contribution in [2.45, 2.75) is 19.4 Å². The minimum absolute atomic E-state index is 0.106. The summed E-state index contributed by atoms with van der Waals surface area (Å²) in [6.45, 7) is 7.77. The van der Waals surface area contributed by atoms with E-state index in [-0.39, 0.29) is 11.8 Å². The molecule has 1 N–H and O–H groups in total. The first-order valence-electron chi connectivity index (χ1n) is 9.63. The van der Waals surface area contributed by atoms with Crippen molar-refractivity contribution in [2.75, 3.05) is 39.3 Å². The number of rotatable bonds is 7. The number of hydrogen-bond acceptors (Lipinski definition) is 5. The van der Waals surface area contributed by atoms with Crippen molar-refractivity contribution < 1.29 is 14.3 Å². The second-order valence-electron chi connectivity index (χ2n) is 7.43. The van der Waals surface area contributed by atoms with Crippen LogP contribution in [0.3, 0.4) is 0 Å².